The van der Waals surface area contributed by atoms with Crippen LogP contribution in [0.4, 0.5) is 0 Å². The van der Waals surface area contributed by atoms with Crippen molar-refractivity contribution in [1.29, 1.82) is 0 Å². The fraction of sp³-hybridized carbons (Fsp3) is 0.600. The minimum Gasteiger partial charge on any atom is -0.427 e. The van der Waals surface area contributed by atoms with Gasteiger partial charge < -0.3 is 14.3 Å². The molecule has 0 aliphatic heterocycles. The van der Waals surface area contributed by atoms with Crippen molar-refractivity contribution in [3.63, 3.8) is 0 Å². The van der Waals surface area contributed by atoms with Gasteiger partial charge in [-0.2, -0.15) is 0 Å². The van der Waals surface area contributed by atoms with Gasteiger partial charge in [-0.25, -0.2) is 0 Å². The van der Waals surface area contributed by atoms with Crippen LogP contribution in [0.3, 0.4) is 0 Å². The maximum absolute atomic E-state index is 9.01. The molecule has 0 atom stereocenters. The molecular weight excluding hydrogens is 259 g/mol. The maximum atomic E-state index is 9.01. The van der Waals surface area contributed by atoms with Crippen LogP contribution in [0.1, 0.15) is 56.2 Å². The van der Waals surface area contributed by atoms with Gasteiger partial charge in [-0.3, -0.25) is 0 Å². The zero-order valence-electron chi connectivity index (χ0n) is 12.1. The predicted octanol–water partition coefficient (Wildman–Crippen LogP) is 4.27. The van der Waals surface area contributed by atoms with Crippen molar-refractivity contribution in [2.45, 2.75) is 59.3 Å². The largest absolute Gasteiger partial charge is 0.427 e. The summed E-state index contributed by atoms with van der Waals surface area (Å²) in [5.41, 5.74) is 3.75. The molecule has 0 saturated heterocycles. The van der Waals surface area contributed by atoms with E-state index < -0.39 is 8.60 Å². The first-order valence-corrected chi connectivity index (χ1v) is 8.23. The first-order chi connectivity index (χ1) is 9.10. The Morgan fingerprint density at radius 3 is 2.26 bits per heavy atom. The molecule has 1 aromatic carbocycles. The predicted molar refractivity (Wildman–Crippen MR) is 80.4 cm³/mol. The summed E-state index contributed by atoms with van der Waals surface area (Å²) in [7, 11) is -2.34. The van der Waals surface area contributed by atoms with Crippen LogP contribution >= 0.6 is 8.60 Å². The molecule has 1 aromatic rings. The van der Waals surface area contributed by atoms with Crippen LogP contribution in [0.2, 0.25) is 0 Å². The van der Waals surface area contributed by atoms with Gasteiger partial charge in [0.1, 0.15) is 5.75 Å². The molecule has 19 heavy (non-hydrogen) atoms. The molecule has 0 fully saturated rings. The van der Waals surface area contributed by atoms with Crippen LogP contribution in [0.5, 0.6) is 5.75 Å². The van der Waals surface area contributed by atoms with Crippen molar-refractivity contribution in [3.8, 4) is 5.75 Å². The standard InChI is InChI=1S/C15H25O3P/c1-4-6-8-13-10-11-15(18-19(16)17)12(3)14(13)9-7-5-2/h10-11,16-17H,4-9H2,1-3H3. The van der Waals surface area contributed by atoms with E-state index in [4.69, 9.17) is 14.3 Å². The molecule has 0 saturated carbocycles. The average Bonchev–Trinajstić information content (AvgIpc) is 2.37. The summed E-state index contributed by atoms with van der Waals surface area (Å²) < 4.78 is 5.10. The van der Waals surface area contributed by atoms with Crippen molar-refractivity contribution in [2.75, 3.05) is 0 Å². The molecule has 0 radical (unpaired) electrons. The quantitative estimate of drug-likeness (QED) is 0.701. The Bertz CT molecular complexity index is 391. The van der Waals surface area contributed by atoms with Crippen LogP contribution in [0, 0.1) is 6.92 Å². The Kier molecular flexibility index (Phi) is 7.37. The SMILES string of the molecule is CCCCc1ccc(OP(O)O)c(C)c1CCCC. The molecule has 1 rings (SSSR count). The first-order valence-electron chi connectivity index (χ1n) is 7.07. The lowest BCUT2D eigenvalue weighted by atomic mass is 9.93. The van der Waals surface area contributed by atoms with Gasteiger partial charge in [0.05, 0.1) is 0 Å². The highest BCUT2D eigenvalue weighted by Crippen LogP contribution is 2.34. The Labute approximate surface area is 117 Å². The maximum Gasteiger partial charge on any atom is 0.391 e. The van der Waals surface area contributed by atoms with Gasteiger partial charge in [-0.15, -0.1) is 0 Å². The van der Waals surface area contributed by atoms with E-state index in [1.54, 1.807) is 0 Å². The third-order valence-corrected chi connectivity index (χ3v) is 3.77. The second-order valence-corrected chi connectivity index (χ2v) is 5.57. The fourth-order valence-electron chi connectivity index (χ4n) is 2.28. The van der Waals surface area contributed by atoms with Crippen molar-refractivity contribution in [3.05, 3.63) is 28.8 Å². The van der Waals surface area contributed by atoms with E-state index in [-0.39, 0.29) is 0 Å². The second kappa shape index (κ2) is 8.52. The van der Waals surface area contributed by atoms with Crippen LogP contribution in [-0.4, -0.2) is 9.79 Å². The van der Waals surface area contributed by atoms with Crippen molar-refractivity contribution in [2.24, 2.45) is 0 Å². The van der Waals surface area contributed by atoms with Gasteiger partial charge in [0.15, 0.2) is 0 Å². The highest BCUT2D eigenvalue weighted by atomic mass is 31.2. The normalized spacial score (nSPS) is 11.1. The lowest BCUT2D eigenvalue weighted by Gasteiger charge is -2.16. The molecule has 0 unspecified atom stereocenters. The Morgan fingerprint density at radius 2 is 1.68 bits per heavy atom. The topological polar surface area (TPSA) is 49.7 Å². The minimum absolute atomic E-state index is 0.600. The molecular formula is C15H25O3P. The number of hydrogen-bond acceptors (Lipinski definition) is 3. The van der Waals surface area contributed by atoms with E-state index in [0.717, 1.165) is 31.2 Å². The van der Waals surface area contributed by atoms with Crippen molar-refractivity contribution >= 4 is 8.60 Å². The van der Waals surface area contributed by atoms with E-state index in [9.17, 15) is 0 Å². The molecule has 0 spiro atoms. The van der Waals surface area contributed by atoms with E-state index in [1.165, 1.54) is 24.0 Å². The molecule has 0 aliphatic rings. The van der Waals surface area contributed by atoms with Gasteiger partial charge in [0.25, 0.3) is 0 Å². The zero-order valence-corrected chi connectivity index (χ0v) is 13.0. The van der Waals surface area contributed by atoms with Crippen LogP contribution in [0.15, 0.2) is 12.1 Å². The Hall–Kier alpha value is -0.630. The molecule has 0 aliphatic carbocycles. The van der Waals surface area contributed by atoms with Crippen LogP contribution in [0.25, 0.3) is 0 Å². The fourth-order valence-corrected chi connectivity index (χ4v) is 2.66. The molecule has 3 nitrogen and oxygen atoms in total. The lowest BCUT2D eigenvalue weighted by molar-refractivity contribution is 0.373. The third-order valence-electron chi connectivity index (χ3n) is 3.41. The number of rotatable bonds is 8. The van der Waals surface area contributed by atoms with E-state index in [1.807, 2.05) is 13.0 Å². The Balaban J connectivity index is 3.00. The van der Waals surface area contributed by atoms with Gasteiger partial charge in [0, 0.05) is 0 Å². The Morgan fingerprint density at radius 1 is 1.05 bits per heavy atom. The number of aryl methyl sites for hydroxylation is 1. The van der Waals surface area contributed by atoms with Gasteiger partial charge >= 0.3 is 8.60 Å². The van der Waals surface area contributed by atoms with Gasteiger partial charge in [-0.1, -0.05) is 32.8 Å². The molecule has 2 N–H and O–H groups in total. The summed E-state index contributed by atoms with van der Waals surface area (Å²) in [6, 6.07) is 3.93. The number of hydrogen-bond donors (Lipinski definition) is 2. The van der Waals surface area contributed by atoms with Crippen molar-refractivity contribution < 1.29 is 14.3 Å². The highest BCUT2D eigenvalue weighted by Gasteiger charge is 2.13. The van der Waals surface area contributed by atoms with E-state index >= 15 is 0 Å². The monoisotopic (exact) mass is 284 g/mol. The van der Waals surface area contributed by atoms with E-state index in [2.05, 4.69) is 19.9 Å². The molecule has 108 valence electrons. The smallest absolute Gasteiger partial charge is 0.391 e. The third kappa shape index (κ3) is 5.10. The molecule has 0 heterocycles. The summed E-state index contributed by atoms with van der Waals surface area (Å²) >= 11 is 0. The minimum atomic E-state index is -2.34. The second-order valence-electron chi connectivity index (χ2n) is 4.88. The highest BCUT2D eigenvalue weighted by molar-refractivity contribution is 7.39. The summed E-state index contributed by atoms with van der Waals surface area (Å²) in [6.07, 6.45) is 6.80. The van der Waals surface area contributed by atoms with Crippen LogP contribution in [-0.2, 0) is 12.8 Å². The van der Waals surface area contributed by atoms with Gasteiger partial charge in [-0.05, 0) is 55.4 Å². The van der Waals surface area contributed by atoms with Crippen LogP contribution < -0.4 is 4.52 Å². The summed E-state index contributed by atoms with van der Waals surface area (Å²) in [5, 5.41) is 0. The summed E-state index contributed by atoms with van der Waals surface area (Å²) in [4.78, 5) is 18.0. The zero-order chi connectivity index (χ0) is 14.3. The molecule has 0 amide bonds. The van der Waals surface area contributed by atoms with Crippen molar-refractivity contribution in [1.82, 2.24) is 0 Å². The lowest BCUT2D eigenvalue weighted by Crippen LogP contribution is -2.01. The molecule has 0 bridgehead atoms. The van der Waals surface area contributed by atoms with E-state index in [0.29, 0.717) is 5.75 Å². The summed E-state index contributed by atoms with van der Waals surface area (Å²) in [5.74, 6) is 0.600. The molecule has 4 heteroatoms. The number of benzene rings is 1. The number of unbranched alkanes of at least 4 members (excludes halogenated alkanes) is 2. The van der Waals surface area contributed by atoms with Gasteiger partial charge in [0.2, 0.25) is 0 Å². The first kappa shape index (κ1) is 16.4. The molecule has 0 aromatic heterocycles. The average molecular weight is 284 g/mol. The summed E-state index contributed by atoms with van der Waals surface area (Å²) in [6.45, 7) is 6.39.